The molecule has 1 aliphatic rings. The Kier molecular flexibility index (Phi) is 13.6. The molecule has 1 saturated heterocycles. The van der Waals surface area contributed by atoms with E-state index in [1.165, 1.54) is 17.7 Å². The van der Waals surface area contributed by atoms with Crippen LogP contribution >= 0.6 is 11.3 Å². The highest BCUT2D eigenvalue weighted by atomic mass is 32.1. The highest BCUT2D eigenvalue weighted by Gasteiger charge is 2.42. The fraction of sp³-hybridized carbons (Fsp3) is 0.235. The lowest BCUT2D eigenvalue weighted by molar-refractivity contribution is -0.164. The second kappa shape index (κ2) is 19.7. The van der Waals surface area contributed by atoms with Crippen molar-refractivity contribution in [1.82, 2.24) is 20.5 Å². The van der Waals surface area contributed by atoms with Crippen LogP contribution in [0.15, 0.2) is 150 Å². The molecule has 0 radical (unpaired) electrons. The number of carbonyl (C=O) groups is 2. The number of pyridine rings is 1. The lowest BCUT2D eigenvalue weighted by Crippen LogP contribution is -2.40. The Labute approximate surface area is 369 Å². The molecule has 12 heteroatoms. The van der Waals surface area contributed by atoms with Crippen molar-refractivity contribution in [2.24, 2.45) is 5.92 Å². The molecule has 0 aliphatic carbocycles. The molecule has 0 bridgehead atoms. The first-order valence-electron chi connectivity index (χ1n) is 21.2. The first kappa shape index (κ1) is 43.2. The van der Waals surface area contributed by atoms with Gasteiger partial charge in [-0.3, -0.25) is 14.5 Å². The molecule has 1 fully saturated rings. The van der Waals surface area contributed by atoms with Crippen LogP contribution in [0.5, 0.6) is 5.75 Å². The summed E-state index contributed by atoms with van der Waals surface area (Å²) in [6, 6.07) is 43.9. The van der Waals surface area contributed by atoms with Gasteiger partial charge in [-0.05, 0) is 102 Å². The number of nitrogens with zero attached hydrogens (tertiary/aromatic N) is 1. The number of thiophene rings is 1. The number of aromatic nitrogens is 1. The number of piperidine rings is 1. The Morgan fingerprint density at radius 3 is 2.22 bits per heavy atom. The van der Waals surface area contributed by atoms with Crippen molar-refractivity contribution in [2.75, 3.05) is 26.2 Å². The highest BCUT2D eigenvalue weighted by molar-refractivity contribution is 7.15. The second-order valence-electron chi connectivity index (χ2n) is 16.0. The summed E-state index contributed by atoms with van der Waals surface area (Å²) in [6.07, 6.45) is 0.951. The fourth-order valence-electron chi connectivity index (χ4n) is 8.09. The van der Waals surface area contributed by atoms with Crippen molar-refractivity contribution in [2.45, 2.75) is 44.2 Å². The maximum atomic E-state index is 13.8. The van der Waals surface area contributed by atoms with Gasteiger partial charge >= 0.3 is 5.97 Å². The van der Waals surface area contributed by atoms with E-state index in [-0.39, 0.29) is 41.8 Å². The number of phenols is 1. The van der Waals surface area contributed by atoms with Crippen LogP contribution in [0.3, 0.4) is 0 Å². The number of amides is 1. The monoisotopic (exact) mass is 862 g/mol. The molecule has 8 rings (SSSR count). The molecule has 63 heavy (non-hydrogen) atoms. The normalized spacial score (nSPS) is 14.8. The number of H-pyrrole nitrogens is 1. The van der Waals surface area contributed by atoms with Crippen molar-refractivity contribution in [3.63, 3.8) is 0 Å². The minimum Gasteiger partial charge on any atom is -0.506 e. The average Bonchev–Trinajstić information content (AvgIpc) is 3.80. The topological polar surface area (TPSA) is 164 Å². The Bertz CT molecular complexity index is 2700. The third-order valence-electron chi connectivity index (χ3n) is 11.7. The Balaban J connectivity index is 0.826. The first-order valence-corrected chi connectivity index (χ1v) is 22.0. The molecule has 5 aromatic carbocycles. The molecule has 11 nitrogen and oxygen atoms in total. The SMILES string of the molecule is O=C(NCc1ccc(-c2ccc([C@](O)(C(=O)OCC3CCN(Cc4ccccc4)CC3)c3ccccc3)cc2)s1)c1ccc(CNC[C@H](O)c2ccc(O)c3[nH]c(=O)ccc23)cc1. The molecule has 6 N–H and O–H groups in total. The first-order chi connectivity index (χ1) is 30.6. The van der Waals surface area contributed by atoms with Crippen molar-refractivity contribution < 1.29 is 29.6 Å². The summed E-state index contributed by atoms with van der Waals surface area (Å²) in [6.45, 7) is 4.04. The van der Waals surface area contributed by atoms with Crippen LogP contribution in [-0.2, 0) is 34.8 Å². The number of ether oxygens (including phenoxy) is 1. The molecule has 7 aromatic rings. The molecule has 0 saturated carbocycles. The van der Waals surface area contributed by atoms with Crippen molar-refractivity contribution in [3.8, 4) is 16.2 Å². The van der Waals surface area contributed by atoms with Crippen LogP contribution in [0, 0.1) is 5.92 Å². The molecular weight excluding hydrogens is 813 g/mol. The van der Waals surface area contributed by atoms with Gasteiger partial charge in [-0.1, -0.05) is 103 Å². The number of esters is 1. The van der Waals surface area contributed by atoms with E-state index in [2.05, 4.69) is 44.8 Å². The minimum atomic E-state index is -1.98. The van der Waals surface area contributed by atoms with Gasteiger partial charge < -0.3 is 35.7 Å². The molecule has 3 heterocycles. The van der Waals surface area contributed by atoms with E-state index in [1.807, 2.05) is 48.5 Å². The van der Waals surface area contributed by atoms with Crippen LogP contribution in [0.4, 0.5) is 0 Å². The van der Waals surface area contributed by atoms with Crippen LogP contribution in [0.2, 0.25) is 0 Å². The fourth-order valence-corrected chi connectivity index (χ4v) is 9.05. The molecule has 1 aliphatic heterocycles. The average molecular weight is 863 g/mol. The van der Waals surface area contributed by atoms with E-state index in [0.29, 0.717) is 40.7 Å². The van der Waals surface area contributed by atoms with Gasteiger partial charge in [0.2, 0.25) is 11.2 Å². The second-order valence-corrected chi connectivity index (χ2v) is 17.2. The molecule has 2 aromatic heterocycles. The molecule has 0 unspecified atom stereocenters. The molecular formula is C51H50N4O7S. The zero-order valence-electron chi connectivity index (χ0n) is 34.7. The zero-order chi connectivity index (χ0) is 43.8. The van der Waals surface area contributed by atoms with Crippen LogP contribution < -0.4 is 16.2 Å². The predicted molar refractivity (Wildman–Crippen MR) is 245 cm³/mol. The van der Waals surface area contributed by atoms with Crippen LogP contribution in [0.1, 0.15) is 62.0 Å². The third kappa shape index (κ3) is 10.3. The number of aliphatic hydroxyl groups excluding tert-OH is 1. The maximum absolute atomic E-state index is 13.8. The molecule has 322 valence electrons. The Hall–Kier alpha value is -6.41. The number of rotatable bonds is 16. The van der Waals surface area contributed by atoms with E-state index in [1.54, 1.807) is 72.0 Å². The number of carbonyl (C=O) groups excluding carboxylic acids is 2. The van der Waals surface area contributed by atoms with Gasteiger partial charge in [-0.15, -0.1) is 11.3 Å². The van der Waals surface area contributed by atoms with Crippen LogP contribution in [0.25, 0.3) is 21.3 Å². The van der Waals surface area contributed by atoms with E-state index < -0.39 is 17.7 Å². The molecule has 1 amide bonds. The molecule has 0 spiro atoms. The summed E-state index contributed by atoms with van der Waals surface area (Å²) in [7, 11) is 0. The van der Waals surface area contributed by atoms with Crippen molar-refractivity contribution in [3.05, 3.63) is 194 Å². The van der Waals surface area contributed by atoms with E-state index >= 15 is 0 Å². The number of aromatic amines is 1. The number of fused-ring (bicyclic) bond motifs is 1. The van der Waals surface area contributed by atoms with E-state index in [4.69, 9.17) is 4.74 Å². The van der Waals surface area contributed by atoms with Crippen molar-refractivity contribution >= 4 is 34.1 Å². The highest BCUT2D eigenvalue weighted by Crippen LogP contribution is 2.35. The number of aromatic hydroxyl groups is 1. The smallest absolute Gasteiger partial charge is 0.347 e. The van der Waals surface area contributed by atoms with E-state index in [0.717, 1.165) is 53.4 Å². The lowest BCUT2D eigenvalue weighted by atomic mass is 9.85. The Morgan fingerprint density at radius 2 is 1.49 bits per heavy atom. The number of likely N-dealkylation sites (tertiary alicyclic amines) is 1. The predicted octanol–water partition coefficient (Wildman–Crippen LogP) is 7.41. The standard InChI is InChI=1S/C51H50N4O7S/c56-44-22-20-42(43-21-24-47(58)54-48(43)44)45(57)31-52-29-34-11-13-38(14-12-34)49(59)53-30-41-19-23-46(63-41)37-15-17-40(18-16-37)51(61,39-9-5-2-6-10-39)50(60)62-33-36-25-27-55(28-26-36)32-35-7-3-1-4-8-35/h1-24,36,45,52,56-57,61H,25-33H2,(H,53,59)(H,54,58)/t45-,51-/m0/s1. The maximum Gasteiger partial charge on any atom is 0.347 e. The lowest BCUT2D eigenvalue weighted by Gasteiger charge is -2.33. The summed E-state index contributed by atoms with van der Waals surface area (Å²) in [4.78, 5) is 45.6. The number of benzene rings is 5. The minimum absolute atomic E-state index is 0.0636. The summed E-state index contributed by atoms with van der Waals surface area (Å²) in [5.74, 6) is -0.737. The van der Waals surface area contributed by atoms with Gasteiger partial charge in [0.25, 0.3) is 5.91 Å². The summed E-state index contributed by atoms with van der Waals surface area (Å²) in [5, 5.41) is 39.9. The number of nitrogens with one attached hydrogen (secondary N) is 3. The summed E-state index contributed by atoms with van der Waals surface area (Å²) >= 11 is 1.55. The van der Waals surface area contributed by atoms with Gasteiger partial charge in [0.05, 0.1) is 24.8 Å². The summed E-state index contributed by atoms with van der Waals surface area (Å²) < 4.78 is 5.90. The van der Waals surface area contributed by atoms with Gasteiger partial charge in [-0.2, -0.15) is 0 Å². The molecule has 2 atom stereocenters. The quantitative estimate of drug-likeness (QED) is 0.0544. The number of phenolic OH excluding ortho intramolecular Hbond substituents is 1. The summed E-state index contributed by atoms with van der Waals surface area (Å²) in [5.41, 5.74) is 3.05. The number of hydrogen-bond donors (Lipinski definition) is 6. The van der Waals surface area contributed by atoms with Gasteiger partial charge in [-0.25, -0.2) is 4.79 Å². The van der Waals surface area contributed by atoms with Crippen LogP contribution in [-0.4, -0.2) is 63.3 Å². The van der Waals surface area contributed by atoms with Gasteiger partial charge in [0, 0.05) is 46.4 Å². The van der Waals surface area contributed by atoms with E-state index in [9.17, 15) is 29.7 Å². The van der Waals surface area contributed by atoms with Crippen molar-refractivity contribution in [1.29, 1.82) is 0 Å². The Morgan fingerprint density at radius 1 is 0.794 bits per heavy atom. The van der Waals surface area contributed by atoms with Gasteiger partial charge in [0.15, 0.2) is 0 Å². The zero-order valence-corrected chi connectivity index (χ0v) is 35.5. The largest absolute Gasteiger partial charge is 0.506 e. The number of hydrogen-bond acceptors (Lipinski definition) is 10. The third-order valence-corrected chi connectivity index (χ3v) is 12.8. The van der Waals surface area contributed by atoms with Gasteiger partial charge in [0.1, 0.15) is 5.75 Å². The number of aliphatic hydroxyl groups is 2.